The minimum Gasteiger partial charge on any atom is -0.363 e. The molecule has 6 nitrogen and oxygen atoms in total. The summed E-state index contributed by atoms with van der Waals surface area (Å²) in [6.45, 7) is 1.69. The quantitative estimate of drug-likeness (QED) is 0.247. The van der Waals surface area contributed by atoms with Crippen molar-refractivity contribution in [3.05, 3.63) is 96.6 Å². The third kappa shape index (κ3) is 5.73. The Morgan fingerprint density at radius 2 is 1.85 bits per heavy atom. The lowest BCUT2D eigenvalue weighted by Gasteiger charge is -2.45. The SMILES string of the molecule is Cc1c(Cl)cccc1NC(=O)CSC1=C(C#N)[C@H](c2ccccc2Cl)[C@@H](C(=O)c2cccs2)[C@](O)(C(F)(F)F)N1. The lowest BCUT2D eigenvalue weighted by molar-refractivity contribution is -0.285. The van der Waals surface area contributed by atoms with E-state index in [0.29, 0.717) is 28.0 Å². The number of amides is 1. The summed E-state index contributed by atoms with van der Waals surface area (Å²) in [5.74, 6) is -5.82. The zero-order valence-electron chi connectivity index (χ0n) is 20.6. The van der Waals surface area contributed by atoms with Crippen LogP contribution < -0.4 is 10.6 Å². The molecular weight excluding hydrogens is 606 g/mol. The highest BCUT2D eigenvalue weighted by Gasteiger charge is 2.66. The van der Waals surface area contributed by atoms with E-state index in [9.17, 15) is 33.1 Å². The summed E-state index contributed by atoms with van der Waals surface area (Å²) in [4.78, 5) is 26.3. The topological polar surface area (TPSA) is 102 Å². The van der Waals surface area contributed by atoms with Gasteiger partial charge in [-0.2, -0.15) is 18.4 Å². The van der Waals surface area contributed by atoms with E-state index in [1.807, 2.05) is 11.4 Å². The third-order valence-electron chi connectivity index (χ3n) is 6.37. The number of halogens is 5. The van der Waals surface area contributed by atoms with E-state index in [0.717, 1.165) is 11.3 Å². The van der Waals surface area contributed by atoms with Gasteiger partial charge in [0.2, 0.25) is 11.6 Å². The van der Waals surface area contributed by atoms with Gasteiger partial charge in [-0.15, -0.1) is 11.3 Å². The Balaban J connectivity index is 1.80. The number of Topliss-reactive ketones (excluding diaryl/α,β-unsaturated/α-hetero) is 1. The molecular formula is C27H20Cl2F3N3O3S2. The summed E-state index contributed by atoms with van der Waals surface area (Å²) in [6.07, 6.45) is -5.36. The number of nitrogens with zero attached hydrogens (tertiary/aromatic N) is 1. The summed E-state index contributed by atoms with van der Waals surface area (Å²) in [7, 11) is 0. The molecule has 0 bridgehead atoms. The molecule has 0 aliphatic carbocycles. The van der Waals surface area contributed by atoms with Gasteiger partial charge >= 0.3 is 6.18 Å². The second kappa shape index (κ2) is 11.8. The first kappa shape index (κ1) is 30.0. The highest BCUT2D eigenvalue weighted by molar-refractivity contribution is 8.03. The van der Waals surface area contributed by atoms with Crippen LogP contribution in [0.25, 0.3) is 0 Å². The van der Waals surface area contributed by atoms with Crippen LogP contribution in [0.4, 0.5) is 18.9 Å². The molecule has 4 rings (SSSR count). The Hall–Kier alpha value is -3.01. The van der Waals surface area contributed by atoms with Gasteiger partial charge in [-0.1, -0.05) is 65.3 Å². The maximum absolute atomic E-state index is 14.6. The highest BCUT2D eigenvalue weighted by atomic mass is 35.5. The predicted molar refractivity (Wildman–Crippen MR) is 150 cm³/mol. The molecule has 0 radical (unpaired) electrons. The zero-order valence-corrected chi connectivity index (χ0v) is 23.7. The van der Waals surface area contributed by atoms with Crippen molar-refractivity contribution in [1.82, 2.24) is 5.32 Å². The van der Waals surface area contributed by atoms with Crippen molar-refractivity contribution in [2.75, 3.05) is 11.1 Å². The lowest BCUT2D eigenvalue weighted by atomic mass is 9.70. The zero-order chi connectivity index (χ0) is 29.2. The van der Waals surface area contributed by atoms with Gasteiger partial charge in [-0.25, -0.2) is 0 Å². The number of ketones is 1. The van der Waals surface area contributed by atoms with Crippen LogP contribution in [0.1, 0.15) is 26.7 Å². The van der Waals surface area contributed by atoms with Gasteiger partial charge in [0.15, 0.2) is 5.78 Å². The Morgan fingerprint density at radius 1 is 1.15 bits per heavy atom. The van der Waals surface area contributed by atoms with Crippen LogP contribution in [0, 0.1) is 24.2 Å². The van der Waals surface area contributed by atoms with Crippen molar-refractivity contribution in [3.8, 4) is 6.07 Å². The van der Waals surface area contributed by atoms with Crippen LogP contribution in [0.15, 0.2) is 70.6 Å². The molecule has 0 saturated heterocycles. The molecule has 3 aromatic rings. The van der Waals surface area contributed by atoms with Crippen molar-refractivity contribution in [3.63, 3.8) is 0 Å². The summed E-state index contributed by atoms with van der Waals surface area (Å²) in [5, 5.41) is 27.6. The maximum atomic E-state index is 14.6. The smallest absolute Gasteiger partial charge is 0.363 e. The Morgan fingerprint density at radius 3 is 2.48 bits per heavy atom. The first-order valence-corrected chi connectivity index (χ1v) is 14.2. The minimum absolute atomic E-state index is 0.00850. The van der Waals surface area contributed by atoms with E-state index in [4.69, 9.17) is 23.2 Å². The van der Waals surface area contributed by atoms with Crippen LogP contribution in [-0.2, 0) is 4.79 Å². The number of hydrogen-bond donors (Lipinski definition) is 3. The molecule has 0 unspecified atom stereocenters. The molecule has 1 aromatic heterocycles. The fourth-order valence-electron chi connectivity index (χ4n) is 4.39. The molecule has 0 fully saturated rings. The molecule has 3 atom stereocenters. The molecule has 1 aliphatic heterocycles. The Kier molecular flexibility index (Phi) is 8.87. The number of nitrogens with one attached hydrogen (secondary N) is 2. The first-order valence-electron chi connectivity index (χ1n) is 11.6. The van der Waals surface area contributed by atoms with Gasteiger partial charge < -0.3 is 15.7 Å². The second-order valence-electron chi connectivity index (χ2n) is 8.81. The van der Waals surface area contributed by atoms with Crippen LogP contribution in [-0.4, -0.2) is 34.5 Å². The van der Waals surface area contributed by atoms with Gasteiger partial charge in [0, 0.05) is 21.7 Å². The van der Waals surface area contributed by atoms with Gasteiger partial charge in [0.1, 0.15) is 0 Å². The van der Waals surface area contributed by atoms with E-state index in [2.05, 4.69) is 5.32 Å². The van der Waals surface area contributed by atoms with E-state index in [1.54, 1.807) is 31.2 Å². The highest BCUT2D eigenvalue weighted by Crippen LogP contribution is 2.52. The molecule has 3 N–H and O–H groups in total. The number of carbonyl (C=O) groups excluding carboxylic acids is 2. The summed E-state index contributed by atoms with van der Waals surface area (Å²) < 4.78 is 43.9. The van der Waals surface area contributed by atoms with Crippen LogP contribution in [0.5, 0.6) is 0 Å². The number of allylic oxidation sites excluding steroid dienone is 1. The monoisotopic (exact) mass is 625 g/mol. The van der Waals surface area contributed by atoms with E-state index >= 15 is 0 Å². The average Bonchev–Trinajstić information content (AvgIpc) is 3.44. The number of anilines is 1. The van der Waals surface area contributed by atoms with E-state index in [-0.39, 0.29) is 21.0 Å². The van der Waals surface area contributed by atoms with Gasteiger partial charge in [0.25, 0.3) is 0 Å². The summed E-state index contributed by atoms with van der Waals surface area (Å²) >= 11 is 14.0. The number of benzene rings is 2. The van der Waals surface area contributed by atoms with Crippen molar-refractivity contribution in [2.45, 2.75) is 24.7 Å². The number of rotatable bonds is 7. The van der Waals surface area contributed by atoms with Crippen molar-refractivity contribution >= 4 is 63.7 Å². The first-order chi connectivity index (χ1) is 18.9. The maximum Gasteiger partial charge on any atom is 0.437 e. The number of thioether (sulfide) groups is 1. The number of carbonyl (C=O) groups is 2. The van der Waals surface area contributed by atoms with Crippen LogP contribution in [0.2, 0.25) is 10.0 Å². The van der Waals surface area contributed by atoms with E-state index < -0.39 is 46.2 Å². The van der Waals surface area contributed by atoms with Gasteiger partial charge in [-0.3, -0.25) is 9.59 Å². The fourth-order valence-corrected chi connectivity index (χ4v) is 6.43. The molecule has 208 valence electrons. The predicted octanol–water partition coefficient (Wildman–Crippen LogP) is 6.91. The molecule has 40 heavy (non-hydrogen) atoms. The molecule has 2 aromatic carbocycles. The van der Waals surface area contributed by atoms with Crippen LogP contribution >= 0.6 is 46.3 Å². The number of alkyl halides is 3. The number of aliphatic hydroxyl groups is 1. The number of nitriles is 1. The summed E-state index contributed by atoms with van der Waals surface area (Å²) in [6, 6.07) is 15.5. The fraction of sp³-hybridized carbons (Fsp3) is 0.222. The largest absolute Gasteiger partial charge is 0.437 e. The number of hydrogen-bond acceptors (Lipinski definition) is 7. The molecule has 1 amide bonds. The Bertz CT molecular complexity index is 1520. The number of thiophene rings is 1. The Labute approximate surface area is 245 Å². The lowest BCUT2D eigenvalue weighted by Crippen LogP contribution is -2.66. The minimum atomic E-state index is -5.36. The van der Waals surface area contributed by atoms with Gasteiger partial charge in [-0.05, 0) is 47.7 Å². The molecule has 1 aliphatic rings. The normalized spacial score (nSPS) is 20.9. The van der Waals surface area contributed by atoms with Crippen molar-refractivity contribution in [2.24, 2.45) is 5.92 Å². The van der Waals surface area contributed by atoms with Crippen molar-refractivity contribution < 1.29 is 27.9 Å². The third-order valence-corrected chi connectivity index (χ3v) is 9.03. The molecule has 0 spiro atoms. The molecule has 13 heteroatoms. The molecule has 0 saturated carbocycles. The van der Waals surface area contributed by atoms with Gasteiger partial charge in [0.05, 0.1) is 33.2 Å². The average molecular weight is 627 g/mol. The second-order valence-corrected chi connectivity index (χ2v) is 11.6. The summed E-state index contributed by atoms with van der Waals surface area (Å²) in [5.41, 5.74) is -3.01. The van der Waals surface area contributed by atoms with Crippen molar-refractivity contribution in [1.29, 1.82) is 5.26 Å². The standard InChI is InChI=1S/C27H20Cl2F3N3O3S2/c1-14-17(28)8-4-9-19(14)34-21(36)13-40-25-16(12-33)22(15-6-2-3-7-18(15)29)23(24(37)20-10-5-11-39-20)26(38,35-25)27(30,31)32/h2-11,22-23,35,38H,13H2,1H3,(H,34,36)/t22-,23-,26-/m0/s1. The molecule has 2 heterocycles. The van der Waals surface area contributed by atoms with E-state index in [1.165, 1.54) is 35.7 Å². The van der Waals surface area contributed by atoms with Crippen LogP contribution in [0.3, 0.4) is 0 Å².